The molecule has 0 radical (unpaired) electrons. The first-order chi connectivity index (χ1) is 10.2. The second-order valence-electron chi connectivity index (χ2n) is 6.33. The molecule has 2 fully saturated rings. The van der Waals surface area contributed by atoms with Crippen molar-refractivity contribution < 1.29 is 4.79 Å². The maximum absolute atomic E-state index is 12.1. The zero-order valence-corrected chi connectivity index (χ0v) is 15.0. The molecule has 2 aliphatic rings. The molecule has 1 aliphatic heterocycles. The number of hydrogen-bond donors (Lipinski definition) is 2. The Morgan fingerprint density at radius 1 is 1.13 bits per heavy atom. The van der Waals surface area contributed by atoms with Crippen LogP contribution in [-0.4, -0.2) is 36.0 Å². The van der Waals surface area contributed by atoms with Gasteiger partial charge in [0.2, 0.25) is 5.91 Å². The fraction of sp³-hybridized carbons (Fsp3) is 0.588. The predicted molar refractivity (Wildman–Crippen MR) is 98.2 cm³/mol. The summed E-state index contributed by atoms with van der Waals surface area (Å²) in [6.45, 7) is 2.25. The van der Waals surface area contributed by atoms with Crippen molar-refractivity contribution in [1.82, 2.24) is 10.2 Å². The standard InChI is InChI=1S/C17H25N3O.2ClH/c18-16(13-4-2-1-3-5-13)12-17(21)19-14-8-10-20(11-9-14)15-6-7-15;;/h1-5,14-16H,6-12,18H2,(H,19,21);2*1H. The van der Waals surface area contributed by atoms with Crippen molar-refractivity contribution in [3.63, 3.8) is 0 Å². The highest BCUT2D eigenvalue weighted by Crippen LogP contribution is 2.29. The Kier molecular flexibility index (Phi) is 8.34. The third-order valence-corrected chi connectivity index (χ3v) is 4.59. The summed E-state index contributed by atoms with van der Waals surface area (Å²) in [7, 11) is 0. The van der Waals surface area contributed by atoms with Crippen molar-refractivity contribution in [2.75, 3.05) is 13.1 Å². The summed E-state index contributed by atoms with van der Waals surface area (Å²) in [5.74, 6) is 0.0798. The third-order valence-electron chi connectivity index (χ3n) is 4.59. The van der Waals surface area contributed by atoms with Gasteiger partial charge in [-0.1, -0.05) is 30.3 Å². The molecule has 1 saturated carbocycles. The van der Waals surface area contributed by atoms with Crippen LogP contribution < -0.4 is 11.1 Å². The Morgan fingerprint density at radius 2 is 1.74 bits per heavy atom. The van der Waals surface area contributed by atoms with Crippen LogP contribution in [0.4, 0.5) is 0 Å². The van der Waals surface area contributed by atoms with E-state index in [0.29, 0.717) is 12.5 Å². The lowest BCUT2D eigenvalue weighted by Gasteiger charge is -2.32. The maximum atomic E-state index is 12.1. The van der Waals surface area contributed by atoms with Crippen LogP contribution in [0, 0.1) is 0 Å². The number of rotatable bonds is 5. The van der Waals surface area contributed by atoms with Gasteiger partial charge in [-0.15, -0.1) is 24.8 Å². The zero-order valence-electron chi connectivity index (χ0n) is 13.3. The summed E-state index contributed by atoms with van der Waals surface area (Å²) in [6.07, 6.45) is 5.24. The summed E-state index contributed by atoms with van der Waals surface area (Å²) >= 11 is 0. The molecule has 0 aromatic heterocycles. The van der Waals surface area contributed by atoms with Crippen LogP contribution in [0.2, 0.25) is 0 Å². The Hall–Kier alpha value is -0.810. The molecule has 1 aromatic rings. The number of carbonyl (C=O) groups is 1. The fourth-order valence-electron chi connectivity index (χ4n) is 3.15. The van der Waals surface area contributed by atoms with Gasteiger partial charge in [0, 0.05) is 37.6 Å². The van der Waals surface area contributed by atoms with E-state index in [2.05, 4.69) is 10.2 Å². The number of piperidine rings is 1. The van der Waals surface area contributed by atoms with Crippen molar-refractivity contribution in [3.05, 3.63) is 35.9 Å². The van der Waals surface area contributed by atoms with Crippen molar-refractivity contribution in [3.8, 4) is 0 Å². The quantitative estimate of drug-likeness (QED) is 0.849. The third kappa shape index (κ3) is 5.96. The minimum absolute atomic E-state index is 0. The van der Waals surface area contributed by atoms with Crippen LogP contribution in [0.25, 0.3) is 0 Å². The number of nitrogens with zero attached hydrogens (tertiary/aromatic N) is 1. The van der Waals surface area contributed by atoms with Crippen LogP contribution in [0.5, 0.6) is 0 Å². The van der Waals surface area contributed by atoms with Gasteiger partial charge in [0.15, 0.2) is 0 Å². The molecule has 6 heteroatoms. The molecule has 4 nitrogen and oxygen atoms in total. The normalized spacial score (nSPS) is 20.0. The SMILES string of the molecule is Cl.Cl.NC(CC(=O)NC1CCN(C2CC2)CC1)c1ccccc1. The average Bonchev–Trinajstić information content (AvgIpc) is 3.33. The molecule has 130 valence electrons. The van der Waals surface area contributed by atoms with Gasteiger partial charge in [0.1, 0.15) is 0 Å². The van der Waals surface area contributed by atoms with Crippen molar-refractivity contribution in [2.45, 2.75) is 50.2 Å². The van der Waals surface area contributed by atoms with E-state index in [9.17, 15) is 4.79 Å². The highest BCUT2D eigenvalue weighted by atomic mass is 35.5. The molecular formula is C17H27Cl2N3O. The Labute approximate surface area is 151 Å². The van der Waals surface area contributed by atoms with E-state index in [1.54, 1.807) is 0 Å². The van der Waals surface area contributed by atoms with Crippen LogP contribution in [0.3, 0.4) is 0 Å². The highest BCUT2D eigenvalue weighted by Gasteiger charge is 2.32. The van der Waals surface area contributed by atoms with Crippen LogP contribution in [-0.2, 0) is 4.79 Å². The minimum Gasteiger partial charge on any atom is -0.353 e. The van der Waals surface area contributed by atoms with Crippen molar-refractivity contribution in [1.29, 1.82) is 0 Å². The monoisotopic (exact) mass is 359 g/mol. The van der Waals surface area contributed by atoms with E-state index in [0.717, 1.165) is 37.5 Å². The molecule has 1 aliphatic carbocycles. The molecule has 3 rings (SSSR count). The summed E-state index contributed by atoms with van der Waals surface area (Å²) < 4.78 is 0. The number of carbonyl (C=O) groups excluding carboxylic acids is 1. The van der Waals surface area contributed by atoms with Gasteiger partial charge in [0.25, 0.3) is 0 Å². The maximum Gasteiger partial charge on any atom is 0.222 e. The molecule has 0 spiro atoms. The Morgan fingerprint density at radius 3 is 2.30 bits per heavy atom. The van der Waals surface area contributed by atoms with Crippen LogP contribution >= 0.6 is 24.8 Å². The van der Waals surface area contributed by atoms with E-state index in [1.807, 2.05) is 30.3 Å². The number of benzene rings is 1. The van der Waals surface area contributed by atoms with E-state index < -0.39 is 0 Å². The number of nitrogens with two attached hydrogens (primary N) is 1. The van der Waals surface area contributed by atoms with Crippen molar-refractivity contribution in [2.24, 2.45) is 5.73 Å². The van der Waals surface area contributed by atoms with Gasteiger partial charge in [-0.25, -0.2) is 0 Å². The van der Waals surface area contributed by atoms with E-state index in [4.69, 9.17) is 5.73 Å². The number of likely N-dealkylation sites (tertiary alicyclic amines) is 1. The molecule has 3 N–H and O–H groups in total. The Bertz CT molecular complexity index is 474. The average molecular weight is 360 g/mol. The largest absolute Gasteiger partial charge is 0.353 e. The molecule has 0 bridgehead atoms. The first-order valence-electron chi connectivity index (χ1n) is 8.06. The molecule has 1 atom stereocenters. The molecular weight excluding hydrogens is 333 g/mol. The highest BCUT2D eigenvalue weighted by molar-refractivity contribution is 5.85. The lowest BCUT2D eigenvalue weighted by Crippen LogP contribution is -2.45. The second kappa shape index (κ2) is 9.48. The van der Waals surface area contributed by atoms with Gasteiger partial charge < -0.3 is 16.0 Å². The first-order valence-corrected chi connectivity index (χ1v) is 8.06. The Balaban J connectivity index is 0.00000132. The molecule has 23 heavy (non-hydrogen) atoms. The number of hydrogen-bond acceptors (Lipinski definition) is 3. The van der Waals surface area contributed by atoms with Gasteiger partial charge >= 0.3 is 0 Å². The van der Waals surface area contributed by atoms with Gasteiger partial charge in [-0.3, -0.25) is 4.79 Å². The first kappa shape index (κ1) is 20.2. The summed E-state index contributed by atoms with van der Waals surface area (Å²) in [5.41, 5.74) is 7.13. The number of amides is 1. The van der Waals surface area contributed by atoms with Crippen molar-refractivity contribution >= 4 is 30.7 Å². The molecule has 1 unspecified atom stereocenters. The lowest BCUT2D eigenvalue weighted by molar-refractivity contribution is -0.122. The van der Waals surface area contributed by atoms with Crippen LogP contribution in [0.1, 0.15) is 43.7 Å². The predicted octanol–water partition coefficient (Wildman–Crippen LogP) is 2.66. The summed E-state index contributed by atoms with van der Waals surface area (Å²) in [4.78, 5) is 14.7. The van der Waals surface area contributed by atoms with Gasteiger partial charge in [0.05, 0.1) is 0 Å². The summed E-state index contributed by atoms with van der Waals surface area (Å²) in [6, 6.07) is 10.8. The minimum atomic E-state index is -0.210. The molecule has 1 saturated heterocycles. The zero-order chi connectivity index (χ0) is 14.7. The second-order valence-corrected chi connectivity index (χ2v) is 6.33. The van der Waals surface area contributed by atoms with Gasteiger partial charge in [-0.05, 0) is 31.2 Å². The lowest BCUT2D eigenvalue weighted by atomic mass is 10.0. The van der Waals surface area contributed by atoms with E-state index in [1.165, 1.54) is 12.8 Å². The van der Waals surface area contributed by atoms with E-state index in [-0.39, 0.29) is 36.8 Å². The van der Waals surface area contributed by atoms with Gasteiger partial charge in [-0.2, -0.15) is 0 Å². The molecule has 1 heterocycles. The molecule has 1 amide bonds. The summed E-state index contributed by atoms with van der Waals surface area (Å²) in [5, 5.41) is 3.15. The van der Waals surface area contributed by atoms with Crippen LogP contribution in [0.15, 0.2) is 30.3 Å². The fourth-order valence-corrected chi connectivity index (χ4v) is 3.15. The van der Waals surface area contributed by atoms with E-state index >= 15 is 0 Å². The smallest absolute Gasteiger partial charge is 0.222 e. The number of halogens is 2. The molecule has 1 aromatic carbocycles. The number of nitrogens with one attached hydrogen (secondary N) is 1. The topological polar surface area (TPSA) is 58.4 Å².